The van der Waals surface area contributed by atoms with E-state index in [1.807, 2.05) is 6.92 Å². The minimum atomic E-state index is -0.246. The van der Waals surface area contributed by atoms with E-state index in [9.17, 15) is 9.18 Å². The van der Waals surface area contributed by atoms with Gasteiger partial charge in [0.25, 0.3) is 5.91 Å². The number of amides is 1. The first-order chi connectivity index (χ1) is 10.2. The number of carbonyl (C=O) groups is 1. The van der Waals surface area contributed by atoms with Crippen LogP contribution in [0.15, 0.2) is 29.6 Å². The summed E-state index contributed by atoms with van der Waals surface area (Å²) in [7, 11) is 0. The Bertz CT molecular complexity index is 600. The van der Waals surface area contributed by atoms with E-state index < -0.39 is 0 Å². The number of carbonyl (C=O) groups excluding carboxylic acids is 1. The third-order valence-corrected chi connectivity index (χ3v) is 3.77. The Balaban J connectivity index is 1.92. The van der Waals surface area contributed by atoms with Gasteiger partial charge in [0.05, 0.1) is 5.01 Å². The van der Waals surface area contributed by atoms with Crippen molar-refractivity contribution >= 4 is 17.2 Å². The van der Waals surface area contributed by atoms with Gasteiger partial charge in [-0.05, 0) is 18.2 Å². The summed E-state index contributed by atoms with van der Waals surface area (Å²) in [5.41, 5.74) is 0.980. The lowest BCUT2D eigenvalue weighted by Crippen LogP contribution is -2.31. The predicted octanol–water partition coefficient (Wildman–Crippen LogP) is 2.21. The minimum absolute atomic E-state index is 0.191. The Hall–Kier alpha value is -1.79. The fraction of sp³-hybridized carbons (Fsp3) is 0.333. The molecule has 1 aromatic heterocycles. The molecule has 0 aliphatic heterocycles. The number of rotatable bonds is 7. The summed E-state index contributed by atoms with van der Waals surface area (Å²) in [4.78, 5) is 16.1. The van der Waals surface area contributed by atoms with Gasteiger partial charge in [-0.1, -0.05) is 25.1 Å². The summed E-state index contributed by atoms with van der Waals surface area (Å²) in [6, 6.07) is 6.61. The molecule has 1 amide bonds. The summed E-state index contributed by atoms with van der Waals surface area (Å²) in [5.74, 6) is -0.437. The molecule has 0 spiro atoms. The molecular weight excluding hydrogens is 289 g/mol. The molecule has 0 fully saturated rings. The average Bonchev–Trinajstić information content (AvgIpc) is 2.94. The number of thiazole rings is 1. The molecule has 4 nitrogen and oxygen atoms in total. The molecule has 2 aromatic rings. The summed E-state index contributed by atoms with van der Waals surface area (Å²) in [6.45, 7) is 4.18. The third-order valence-electron chi connectivity index (χ3n) is 2.92. The van der Waals surface area contributed by atoms with Crippen LogP contribution in [0.4, 0.5) is 4.39 Å². The molecule has 0 saturated carbocycles. The average molecular weight is 307 g/mol. The van der Waals surface area contributed by atoms with Crippen LogP contribution in [0.5, 0.6) is 0 Å². The van der Waals surface area contributed by atoms with Crippen molar-refractivity contribution in [2.45, 2.75) is 13.3 Å². The highest BCUT2D eigenvalue weighted by molar-refractivity contribution is 7.09. The molecule has 0 atom stereocenters. The summed E-state index contributed by atoms with van der Waals surface area (Å²) in [5, 5.41) is 8.36. The van der Waals surface area contributed by atoms with Crippen molar-refractivity contribution in [3.8, 4) is 0 Å². The van der Waals surface area contributed by atoms with Crippen molar-refractivity contribution in [1.29, 1.82) is 0 Å². The van der Waals surface area contributed by atoms with Gasteiger partial charge in [-0.15, -0.1) is 11.3 Å². The topological polar surface area (TPSA) is 54.0 Å². The Morgan fingerprint density at radius 3 is 2.90 bits per heavy atom. The Morgan fingerprint density at radius 2 is 2.14 bits per heavy atom. The van der Waals surface area contributed by atoms with Gasteiger partial charge in [-0.2, -0.15) is 0 Å². The third kappa shape index (κ3) is 4.61. The number of aromatic nitrogens is 1. The largest absolute Gasteiger partial charge is 0.349 e. The number of nitrogens with zero attached hydrogens (tertiary/aromatic N) is 1. The maximum absolute atomic E-state index is 13.6. The van der Waals surface area contributed by atoms with E-state index in [0.29, 0.717) is 24.2 Å². The van der Waals surface area contributed by atoms with Crippen LogP contribution in [-0.4, -0.2) is 30.5 Å². The number of halogens is 1. The predicted molar refractivity (Wildman–Crippen MR) is 82.2 cm³/mol. The van der Waals surface area contributed by atoms with E-state index in [2.05, 4.69) is 15.6 Å². The number of hydrogen-bond donors (Lipinski definition) is 2. The first-order valence-corrected chi connectivity index (χ1v) is 7.75. The van der Waals surface area contributed by atoms with Crippen LogP contribution in [0, 0.1) is 5.82 Å². The minimum Gasteiger partial charge on any atom is -0.349 e. The summed E-state index contributed by atoms with van der Waals surface area (Å²) >= 11 is 1.37. The molecule has 21 heavy (non-hydrogen) atoms. The van der Waals surface area contributed by atoms with Gasteiger partial charge in [0.15, 0.2) is 0 Å². The smallest absolute Gasteiger partial charge is 0.270 e. The molecule has 0 bridgehead atoms. The van der Waals surface area contributed by atoms with Crippen molar-refractivity contribution in [3.63, 3.8) is 0 Å². The van der Waals surface area contributed by atoms with E-state index in [1.165, 1.54) is 17.4 Å². The second-order valence-electron chi connectivity index (χ2n) is 4.50. The molecule has 2 N–H and O–H groups in total. The van der Waals surface area contributed by atoms with E-state index in [1.54, 1.807) is 23.6 Å². The molecule has 0 aliphatic rings. The van der Waals surface area contributed by atoms with E-state index in [-0.39, 0.29) is 11.7 Å². The van der Waals surface area contributed by atoms with Crippen LogP contribution in [0.1, 0.15) is 28.0 Å². The Labute approximate surface area is 127 Å². The standard InChI is InChI=1S/C15H18FN3OS/c1-2-17-7-8-18-15(20)13-10-21-14(19-13)9-11-5-3-4-6-12(11)16/h3-6,10,17H,2,7-9H2,1H3,(H,18,20). The van der Waals surface area contributed by atoms with Crippen molar-refractivity contribution in [3.05, 3.63) is 51.7 Å². The highest BCUT2D eigenvalue weighted by Gasteiger charge is 2.11. The molecule has 0 saturated heterocycles. The highest BCUT2D eigenvalue weighted by atomic mass is 32.1. The fourth-order valence-electron chi connectivity index (χ4n) is 1.83. The second-order valence-corrected chi connectivity index (χ2v) is 5.45. The maximum atomic E-state index is 13.6. The van der Waals surface area contributed by atoms with Gasteiger partial charge in [0, 0.05) is 24.9 Å². The van der Waals surface area contributed by atoms with Crippen molar-refractivity contribution < 1.29 is 9.18 Å². The number of likely N-dealkylation sites (N-methyl/N-ethyl adjacent to an activating group) is 1. The van der Waals surface area contributed by atoms with Crippen LogP contribution in [0.2, 0.25) is 0 Å². The van der Waals surface area contributed by atoms with Gasteiger partial charge in [-0.3, -0.25) is 4.79 Å². The van der Waals surface area contributed by atoms with Crippen molar-refractivity contribution in [2.24, 2.45) is 0 Å². The number of benzene rings is 1. The zero-order valence-corrected chi connectivity index (χ0v) is 12.7. The van der Waals surface area contributed by atoms with Gasteiger partial charge >= 0.3 is 0 Å². The Kier molecular flexibility index (Phi) is 5.83. The SMILES string of the molecule is CCNCCNC(=O)c1csc(Cc2ccccc2F)n1. The molecule has 1 heterocycles. The zero-order chi connectivity index (χ0) is 15.1. The first-order valence-electron chi connectivity index (χ1n) is 6.87. The van der Waals surface area contributed by atoms with Gasteiger partial charge in [0.1, 0.15) is 11.5 Å². The van der Waals surface area contributed by atoms with Gasteiger partial charge in [-0.25, -0.2) is 9.37 Å². The quantitative estimate of drug-likeness (QED) is 0.771. The molecular formula is C15H18FN3OS. The zero-order valence-electron chi connectivity index (χ0n) is 11.9. The lowest BCUT2D eigenvalue weighted by molar-refractivity contribution is 0.0949. The van der Waals surface area contributed by atoms with Crippen molar-refractivity contribution in [1.82, 2.24) is 15.6 Å². The molecule has 1 aromatic carbocycles. The Morgan fingerprint density at radius 1 is 1.33 bits per heavy atom. The molecule has 0 aliphatic carbocycles. The number of nitrogens with one attached hydrogen (secondary N) is 2. The van der Waals surface area contributed by atoms with E-state index in [4.69, 9.17) is 0 Å². The number of hydrogen-bond acceptors (Lipinski definition) is 4. The fourth-order valence-corrected chi connectivity index (χ4v) is 2.63. The first kappa shape index (κ1) is 15.6. The lowest BCUT2D eigenvalue weighted by Gasteiger charge is -2.03. The molecule has 2 rings (SSSR count). The van der Waals surface area contributed by atoms with Gasteiger partial charge in [0.2, 0.25) is 0 Å². The van der Waals surface area contributed by atoms with Crippen LogP contribution < -0.4 is 10.6 Å². The van der Waals surface area contributed by atoms with Crippen LogP contribution in [-0.2, 0) is 6.42 Å². The highest BCUT2D eigenvalue weighted by Crippen LogP contribution is 2.16. The van der Waals surface area contributed by atoms with E-state index in [0.717, 1.165) is 18.1 Å². The molecule has 112 valence electrons. The molecule has 6 heteroatoms. The normalized spacial score (nSPS) is 10.6. The molecule has 0 unspecified atom stereocenters. The summed E-state index contributed by atoms with van der Waals surface area (Å²) < 4.78 is 13.6. The van der Waals surface area contributed by atoms with Crippen molar-refractivity contribution in [2.75, 3.05) is 19.6 Å². The van der Waals surface area contributed by atoms with Gasteiger partial charge < -0.3 is 10.6 Å². The monoisotopic (exact) mass is 307 g/mol. The van der Waals surface area contributed by atoms with E-state index >= 15 is 0 Å². The maximum Gasteiger partial charge on any atom is 0.270 e. The van der Waals surface area contributed by atoms with Crippen LogP contribution in [0.25, 0.3) is 0 Å². The molecule has 0 radical (unpaired) electrons. The summed E-state index contributed by atoms with van der Waals surface area (Å²) in [6.07, 6.45) is 0.405. The van der Waals surface area contributed by atoms with Crippen LogP contribution in [0.3, 0.4) is 0 Å². The van der Waals surface area contributed by atoms with Crippen LogP contribution >= 0.6 is 11.3 Å². The second kappa shape index (κ2) is 7.85. The lowest BCUT2D eigenvalue weighted by atomic mass is 10.1.